The number of ether oxygens (including phenoxy) is 1. The van der Waals surface area contributed by atoms with E-state index in [0.29, 0.717) is 18.9 Å². The molecule has 0 spiro atoms. The number of anilines is 2. The van der Waals surface area contributed by atoms with Crippen molar-refractivity contribution in [1.29, 1.82) is 0 Å². The normalized spacial score (nSPS) is 14.7. The smallest absolute Gasteiger partial charge is 0.312 e. The lowest BCUT2D eigenvalue weighted by Gasteiger charge is -2.28. The lowest BCUT2D eigenvalue weighted by Crippen LogP contribution is -2.36. The lowest BCUT2D eigenvalue weighted by atomic mass is 10.1. The van der Waals surface area contributed by atoms with Crippen molar-refractivity contribution in [3.8, 4) is 11.3 Å². The molecule has 1 aliphatic rings. The molecule has 2 aromatic rings. The first-order chi connectivity index (χ1) is 11.1. The molecule has 23 heavy (non-hydrogen) atoms. The largest absolute Gasteiger partial charge is 0.378 e. The Bertz CT molecular complexity index is 730. The van der Waals surface area contributed by atoms with Crippen molar-refractivity contribution in [2.75, 3.05) is 36.9 Å². The van der Waals surface area contributed by atoms with Crippen LogP contribution in [-0.2, 0) is 4.74 Å². The molecule has 1 aliphatic heterocycles. The number of hydrogen-bond donors (Lipinski definition) is 1. The molecule has 1 saturated heterocycles. The van der Waals surface area contributed by atoms with Gasteiger partial charge in [0.1, 0.15) is 0 Å². The summed E-state index contributed by atoms with van der Waals surface area (Å²) < 4.78 is 5.34. The number of benzene rings is 1. The molecule has 7 nitrogen and oxygen atoms in total. The Kier molecular flexibility index (Phi) is 4.31. The van der Waals surface area contributed by atoms with E-state index in [1.54, 1.807) is 0 Å². The van der Waals surface area contributed by atoms with Gasteiger partial charge in [0.2, 0.25) is 5.82 Å². The number of nitrogens with zero attached hydrogens (tertiary/aromatic N) is 3. The Labute approximate surface area is 137 Å². The van der Waals surface area contributed by atoms with Crippen molar-refractivity contribution in [3.05, 3.63) is 45.5 Å². The average Bonchev–Trinajstić information content (AvgIpc) is 2.57. The number of nitrogens with two attached hydrogens (primary N) is 1. The van der Waals surface area contributed by atoms with E-state index in [1.165, 1.54) is 6.07 Å². The molecule has 1 aromatic carbocycles. The number of nitro groups is 1. The molecular weight excluding hydrogens is 320 g/mol. The standard InChI is InChI=1S/C15H15ClN4O3/c16-12-9-13(20(21)22)15(17)18-14(12)10-1-3-11(4-2-10)19-5-7-23-8-6-19/h1-4,9H,5-8H2,(H2,17,18). The summed E-state index contributed by atoms with van der Waals surface area (Å²) in [6.07, 6.45) is 0. The first-order valence-electron chi connectivity index (χ1n) is 7.10. The average molecular weight is 335 g/mol. The zero-order valence-electron chi connectivity index (χ0n) is 12.2. The monoisotopic (exact) mass is 334 g/mol. The predicted octanol–water partition coefficient (Wildman–Crippen LogP) is 2.73. The minimum atomic E-state index is -0.598. The second-order valence-corrected chi connectivity index (χ2v) is 5.53. The van der Waals surface area contributed by atoms with Gasteiger partial charge >= 0.3 is 5.69 Å². The minimum absolute atomic E-state index is 0.147. The van der Waals surface area contributed by atoms with Gasteiger partial charge in [-0.05, 0) is 12.1 Å². The maximum absolute atomic E-state index is 10.9. The van der Waals surface area contributed by atoms with Crippen LogP contribution < -0.4 is 10.6 Å². The second-order valence-electron chi connectivity index (χ2n) is 5.13. The van der Waals surface area contributed by atoms with Crippen LogP contribution in [0.5, 0.6) is 0 Å². The minimum Gasteiger partial charge on any atom is -0.378 e. The third-order valence-corrected chi connectivity index (χ3v) is 3.99. The molecule has 120 valence electrons. The molecule has 0 bridgehead atoms. The van der Waals surface area contributed by atoms with E-state index in [1.807, 2.05) is 24.3 Å². The van der Waals surface area contributed by atoms with Gasteiger partial charge in [0.15, 0.2) is 0 Å². The number of aromatic nitrogens is 1. The fraction of sp³-hybridized carbons (Fsp3) is 0.267. The Morgan fingerprint density at radius 2 is 1.91 bits per heavy atom. The van der Waals surface area contributed by atoms with Gasteiger partial charge in [0, 0.05) is 30.4 Å². The van der Waals surface area contributed by atoms with Gasteiger partial charge in [0.05, 0.1) is 28.9 Å². The lowest BCUT2D eigenvalue weighted by molar-refractivity contribution is -0.384. The van der Waals surface area contributed by atoms with E-state index < -0.39 is 4.92 Å². The highest BCUT2D eigenvalue weighted by atomic mass is 35.5. The summed E-state index contributed by atoms with van der Waals surface area (Å²) in [6.45, 7) is 3.13. The van der Waals surface area contributed by atoms with Crippen LogP contribution in [0.25, 0.3) is 11.3 Å². The van der Waals surface area contributed by atoms with Crippen LogP contribution in [0.3, 0.4) is 0 Å². The molecule has 1 aromatic heterocycles. The van der Waals surface area contributed by atoms with E-state index in [9.17, 15) is 10.1 Å². The molecule has 0 atom stereocenters. The first kappa shape index (κ1) is 15.5. The fourth-order valence-corrected chi connectivity index (χ4v) is 2.75. The van der Waals surface area contributed by atoms with Crippen LogP contribution >= 0.6 is 11.6 Å². The Hall–Kier alpha value is -2.38. The SMILES string of the molecule is Nc1nc(-c2ccc(N3CCOCC3)cc2)c(Cl)cc1[N+](=O)[O-]. The van der Waals surface area contributed by atoms with Crippen LogP contribution in [0.2, 0.25) is 5.02 Å². The fourth-order valence-electron chi connectivity index (χ4n) is 2.49. The maximum Gasteiger partial charge on any atom is 0.312 e. The van der Waals surface area contributed by atoms with Gasteiger partial charge < -0.3 is 15.4 Å². The summed E-state index contributed by atoms with van der Waals surface area (Å²) in [5, 5.41) is 11.1. The van der Waals surface area contributed by atoms with Crippen molar-refractivity contribution in [2.24, 2.45) is 0 Å². The van der Waals surface area contributed by atoms with E-state index >= 15 is 0 Å². The molecule has 0 unspecified atom stereocenters. The van der Waals surface area contributed by atoms with Crippen LogP contribution in [0.1, 0.15) is 0 Å². The Morgan fingerprint density at radius 3 is 2.52 bits per heavy atom. The topological polar surface area (TPSA) is 94.5 Å². The maximum atomic E-state index is 10.9. The second kappa shape index (κ2) is 6.39. The summed E-state index contributed by atoms with van der Waals surface area (Å²) in [5.41, 5.74) is 7.63. The number of rotatable bonds is 3. The summed E-state index contributed by atoms with van der Waals surface area (Å²) in [4.78, 5) is 16.6. The summed E-state index contributed by atoms with van der Waals surface area (Å²) in [7, 11) is 0. The third kappa shape index (κ3) is 3.20. The summed E-state index contributed by atoms with van der Waals surface area (Å²) in [6, 6.07) is 8.93. The predicted molar refractivity (Wildman–Crippen MR) is 88.8 cm³/mol. The number of morpholine rings is 1. The Balaban J connectivity index is 1.90. The van der Waals surface area contributed by atoms with Gasteiger partial charge in [-0.2, -0.15) is 0 Å². The van der Waals surface area contributed by atoms with Crippen molar-refractivity contribution in [2.45, 2.75) is 0 Å². The summed E-state index contributed by atoms with van der Waals surface area (Å²) in [5.74, 6) is -0.147. The number of hydrogen-bond acceptors (Lipinski definition) is 6. The van der Waals surface area contributed by atoms with E-state index in [-0.39, 0.29) is 16.5 Å². The van der Waals surface area contributed by atoms with E-state index in [2.05, 4.69) is 9.88 Å². The zero-order chi connectivity index (χ0) is 16.4. The number of halogens is 1. The highest BCUT2D eigenvalue weighted by molar-refractivity contribution is 6.33. The van der Waals surface area contributed by atoms with Crippen LogP contribution in [-0.4, -0.2) is 36.2 Å². The third-order valence-electron chi connectivity index (χ3n) is 3.70. The van der Waals surface area contributed by atoms with Crippen molar-refractivity contribution in [3.63, 3.8) is 0 Å². The number of pyridine rings is 1. The van der Waals surface area contributed by atoms with Crippen LogP contribution in [0, 0.1) is 10.1 Å². The molecule has 2 N–H and O–H groups in total. The van der Waals surface area contributed by atoms with E-state index in [0.717, 1.165) is 24.3 Å². The quantitative estimate of drug-likeness (QED) is 0.685. The molecule has 0 amide bonds. The number of nitrogen functional groups attached to an aromatic ring is 1. The van der Waals surface area contributed by atoms with Gasteiger partial charge in [-0.3, -0.25) is 10.1 Å². The van der Waals surface area contributed by atoms with Gasteiger partial charge in [0.25, 0.3) is 0 Å². The molecule has 1 fully saturated rings. The molecule has 0 aliphatic carbocycles. The molecule has 0 saturated carbocycles. The molecule has 0 radical (unpaired) electrons. The van der Waals surface area contributed by atoms with Gasteiger partial charge in [-0.1, -0.05) is 23.7 Å². The van der Waals surface area contributed by atoms with Gasteiger partial charge in [-0.25, -0.2) is 4.98 Å². The molecule has 8 heteroatoms. The van der Waals surface area contributed by atoms with Crippen molar-refractivity contribution in [1.82, 2.24) is 4.98 Å². The molecule has 3 rings (SSSR count). The van der Waals surface area contributed by atoms with Crippen molar-refractivity contribution >= 4 is 28.8 Å². The molecule has 2 heterocycles. The highest BCUT2D eigenvalue weighted by Gasteiger charge is 2.18. The highest BCUT2D eigenvalue weighted by Crippen LogP contribution is 2.33. The van der Waals surface area contributed by atoms with Crippen LogP contribution in [0.15, 0.2) is 30.3 Å². The zero-order valence-corrected chi connectivity index (χ0v) is 13.0. The van der Waals surface area contributed by atoms with Crippen molar-refractivity contribution < 1.29 is 9.66 Å². The summed E-state index contributed by atoms with van der Waals surface area (Å²) >= 11 is 6.12. The first-order valence-corrected chi connectivity index (χ1v) is 7.47. The van der Waals surface area contributed by atoms with E-state index in [4.69, 9.17) is 22.1 Å². The molecular formula is C15H15ClN4O3. The Morgan fingerprint density at radius 1 is 1.26 bits per heavy atom. The van der Waals surface area contributed by atoms with Gasteiger partial charge in [-0.15, -0.1) is 0 Å². The van der Waals surface area contributed by atoms with Crippen LogP contribution in [0.4, 0.5) is 17.2 Å².